The maximum Gasteiger partial charge on any atom is 0.132 e. The summed E-state index contributed by atoms with van der Waals surface area (Å²) in [6.07, 6.45) is 3.24. The van der Waals surface area contributed by atoms with Crippen molar-refractivity contribution in [2.45, 2.75) is 33.6 Å². The summed E-state index contributed by atoms with van der Waals surface area (Å²) in [5.41, 5.74) is 2.40. The summed E-state index contributed by atoms with van der Waals surface area (Å²) >= 11 is 0. The quantitative estimate of drug-likeness (QED) is 0.656. The molecule has 2 nitrogen and oxygen atoms in total. The Bertz CT molecular complexity index is 312. The molecule has 0 amide bonds. The van der Waals surface area contributed by atoms with Crippen molar-refractivity contribution >= 4 is 5.83 Å². The van der Waals surface area contributed by atoms with Gasteiger partial charge in [-0.05, 0) is 25.3 Å². The lowest BCUT2D eigenvalue weighted by Gasteiger charge is -2.10. The van der Waals surface area contributed by atoms with Crippen molar-refractivity contribution in [1.29, 1.82) is 0 Å². The molecule has 0 aliphatic heterocycles. The predicted molar refractivity (Wildman–Crippen MR) is 52.0 cm³/mol. The van der Waals surface area contributed by atoms with E-state index in [1.54, 1.807) is 6.20 Å². The second kappa shape index (κ2) is 4.21. The largest absolute Gasteiger partial charge is 0.282 e. The highest BCUT2D eigenvalue weighted by molar-refractivity contribution is 5.65. The van der Waals surface area contributed by atoms with Crippen LogP contribution in [0.3, 0.4) is 0 Å². The number of aromatic nitrogens is 2. The Morgan fingerprint density at radius 3 is 2.77 bits per heavy atom. The number of nitrogens with zero attached hydrogens (tertiary/aromatic N) is 1. The van der Waals surface area contributed by atoms with Crippen LogP contribution in [0.15, 0.2) is 11.8 Å². The van der Waals surface area contributed by atoms with Crippen LogP contribution in [0.25, 0.3) is 5.83 Å². The summed E-state index contributed by atoms with van der Waals surface area (Å²) < 4.78 is 13.2. The SMILES string of the molecule is CC.CC1=C(F)c2cn[nH]c2CC1. The number of halogens is 1. The fourth-order valence-corrected chi connectivity index (χ4v) is 1.34. The van der Waals surface area contributed by atoms with Crippen molar-refractivity contribution in [3.8, 4) is 0 Å². The van der Waals surface area contributed by atoms with Crippen molar-refractivity contribution in [3.63, 3.8) is 0 Å². The van der Waals surface area contributed by atoms with Crippen LogP contribution in [0.4, 0.5) is 4.39 Å². The minimum atomic E-state index is -0.0972. The highest BCUT2D eigenvalue weighted by Crippen LogP contribution is 2.30. The smallest absolute Gasteiger partial charge is 0.132 e. The van der Waals surface area contributed by atoms with Gasteiger partial charge in [0.15, 0.2) is 0 Å². The molecule has 2 rings (SSSR count). The highest BCUT2D eigenvalue weighted by atomic mass is 19.1. The standard InChI is InChI=1S/C8H9FN2.C2H6/c1-5-2-3-7-6(8(5)9)4-10-11-7;1-2/h4H,2-3H2,1H3,(H,10,11);1-2H3. The van der Waals surface area contributed by atoms with Crippen LogP contribution < -0.4 is 0 Å². The average Bonchev–Trinajstić information content (AvgIpc) is 2.63. The van der Waals surface area contributed by atoms with E-state index >= 15 is 0 Å². The van der Waals surface area contributed by atoms with Gasteiger partial charge in [0.05, 0.1) is 11.8 Å². The van der Waals surface area contributed by atoms with Gasteiger partial charge in [-0.2, -0.15) is 5.10 Å². The highest BCUT2D eigenvalue weighted by Gasteiger charge is 2.17. The summed E-state index contributed by atoms with van der Waals surface area (Å²) in [6, 6.07) is 0. The number of H-pyrrole nitrogens is 1. The lowest BCUT2D eigenvalue weighted by molar-refractivity contribution is 0.717. The third-order valence-corrected chi connectivity index (χ3v) is 2.08. The van der Waals surface area contributed by atoms with Gasteiger partial charge in [-0.1, -0.05) is 13.8 Å². The molecule has 0 fully saturated rings. The van der Waals surface area contributed by atoms with Crippen molar-refractivity contribution in [1.82, 2.24) is 10.2 Å². The van der Waals surface area contributed by atoms with Crippen LogP contribution in [0.5, 0.6) is 0 Å². The third kappa shape index (κ3) is 1.79. The van der Waals surface area contributed by atoms with Crippen LogP contribution in [-0.4, -0.2) is 10.2 Å². The molecule has 0 aromatic carbocycles. The number of aromatic amines is 1. The normalized spacial score (nSPS) is 14.8. The van der Waals surface area contributed by atoms with Crippen molar-refractivity contribution in [3.05, 3.63) is 23.0 Å². The Morgan fingerprint density at radius 2 is 2.08 bits per heavy atom. The molecule has 1 aliphatic carbocycles. The van der Waals surface area contributed by atoms with E-state index in [1.165, 1.54) is 0 Å². The van der Waals surface area contributed by atoms with E-state index in [2.05, 4.69) is 10.2 Å². The van der Waals surface area contributed by atoms with E-state index in [0.29, 0.717) is 5.56 Å². The average molecular weight is 182 g/mol. The minimum Gasteiger partial charge on any atom is -0.282 e. The summed E-state index contributed by atoms with van der Waals surface area (Å²) in [5, 5.41) is 6.57. The monoisotopic (exact) mass is 182 g/mol. The second-order valence-corrected chi connectivity index (χ2v) is 2.86. The Labute approximate surface area is 77.9 Å². The van der Waals surface area contributed by atoms with Crippen molar-refractivity contribution in [2.75, 3.05) is 0 Å². The Hall–Kier alpha value is -1.12. The molecule has 1 aliphatic rings. The summed E-state index contributed by atoms with van der Waals surface area (Å²) in [6.45, 7) is 5.82. The minimum absolute atomic E-state index is 0.0972. The maximum absolute atomic E-state index is 13.2. The third-order valence-electron chi connectivity index (χ3n) is 2.08. The van der Waals surface area contributed by atoms with Gasteiger partial charge >= 0.3 is 0 Å². The first-order valence-electron chi connectivity index (χ1n) is 4.67. The van der Waals surface area contributed by atoms with Gasteiger partial charge in [0.25, 0.3) is 0 Å². The van der Waals surface area contributed by atoms with E-state index < -0.39 is 0 Å². The molecule has 0 radical (unpaired) electrons. The van der Waals surface area contributed by atoms with E-state index in [-0.39, 0.29) is 5.83 Å². The summed E-state index contributed by atoms with van der Waals surface area (Å²) in [4.78, 5) is 0. The molecule has 0 spiro atoms. The first kappa shape index (κ1) is 9.96. The van der Waals surface area contributed by atoms with Crippen LogP contribution in [0.1, 0.15) is 38.4 Å². The number of hydrogen-bond donors (Lipinski definition) is 1. The summed E-state index contributed by atoms with van der Waals surface area (Å²) in [7, 11) is 0. The number of nitrogens with one attached hydrogen (secondary N) is 1. The number of allylic oxidation sites excluding steroid dienone is 1. The van der Waals surface area contributed by atoms with Gasteiger partial charge in [0.1, 0.15) is 5.83 Å². The molecule has 72 valence electrons. The van der Waals surface area contributed by atoms with Crippen LogP contribution in [-0.2, 0) is 6.42 Å². The van der Waals surface area contributed by atoms with E-state index in [0.717, 1.165) is 24.1 Å². The Balaban J connectivity index is 0.000000396. The van der Waals surface area contributed by atoms with Crippen LogP contribution in [0.2, 0.25) is 0 Å². The zero-order chi connectivity index (χ0) is 9.84. The topological polar surface area (TPSA) is 28.7 Å². The van der Waals surface area contributed by atoms with Gasteiger partial charge in [-0.25, -0.2) is 4.39 Å². The number of aryl methyl sites for hydroxylation is 1. The van der Waals surface area contributed by atoms with Crippen LogP contribution >= 0.6 is 0 Å². The number of hydrogen-bond acceptors (Lipinski definition) is 1. The zero-order valence-electron chi connectivity index (χ0n) is 8.32. The molecular weight excluding hydrogens is 167 g/mol. The van der Waals surface area contributed by atoms with Crippen molar-refractivity contribution in [2.24, 2.45) is 0 Å². The second-order valence-electron chi connectivity index (χ2n) is 2.86. The molecule has 0 unspecified atom stereocenters. The van der Waals surface area contributed by atoms with Crippen LogP contribution in [0, 0.1) is 0 Å². The molecule has 1 aromatic rings. The van der Waals surface area contributed by atoms with Gasteiger partial charge in [-0.15, -0.1) is 0 Å². The first-order chi connectivity index (χ1) is 6.29. The number of rotatable bonds is 0. The molecule has 0 saturated heterocycles. The van der Waals surface area contributed by atoms with E-state index in [4.69, 9.17) is 0 Å². The molecule has 1 aromatic heterocycles. The molecule has 1 heterocycles. The zero-order valence-corrected chi connectivity index (χ0v) is 8.32. The molecule has 0 atom stereocenters. The number of fused-ring (bicyclic) bond motifs is 1. The first-order valence-corrected chi connectivity index (χ1v) is 4.67. The van der Waals surface area contributed by atoms with E-state index in [1.807, 2.05) is 20.8 Å². The van der Waals surface area contributed by atoms with Gasteiger partial charge in [0.2, 0.25) is 0 Å². The molecule has 0 bridgehead atoms. The summed E-state index contributed by atoms with van der Waals surface area (Å²) in [5.74, 6) is -0.0972. The lowest BCUT2D eigenvalue weighted by atomic mass is 9.98. The lowest BCUT2D eigenvalue weighted by Crippen LogP contribution is -1.98. The van der Waals surface area contributed by atoms with E-state index in [9.17, 15) is 4.39 Å². The molecule has 13 heavy (non-hydrogen) atoms. The predicted octanol–water partition coefficient (Wildman–Crippen LogP) is 3.08. The Morgan fingerprint density at radius 1 is 1.38 bits per heavy atom. The fourth-order valence-electron chi connectivity index (χ4n) is 1.34. The van der Waals surface area contributed by atoms with Crippen molar-refractivity contribution < 1.29 is 4.39 Å². The Kier molecular flexibility index (Phi) is 3.23. The maximum atomic E-state index is 13.2. The molecule has 1 N–H and O–H groups in total. The molecule has 3 heteroatoms. The fraction of sp³-hybridized carbons (Fsp3) is 0.500. The van der Waals surface area contributed by atoms with Gasteiger partial charge < -0.3 is 0 Å². The van der Waals surface area contributed by atoms with Gasteiger partial charge in [-0.3, -0.25) is 5.10 Å². The molecule has 0 saturated carbocycles. The van der Waals surface area contributed by atoms with Gasteiger partial charge in [0, 0.05) is 5.69 Å². The molecular formula is C10H15FN2.